The summed E-state index contributed by atoms with van der Waals surface area (Å²) < 4.78 is 1.30. The van der Waals surface area contributed by atoms with Crippen LogP contribution in [0.4, 0.5) is 0 Å². The second-order valence-electron chi connectivity index (χ2n) is 0.846. The zero-order valence-electron chi connectivity index (χ0n) is 3.82. The molecule has 0 bridgehead atoms. The summed E-state index contributed by atoms with van der Waals surface area (Å²) in [6.45, 7) is 0. The van der Waals surface area contributed by atoms with Gasteiger partial charge in [0.15, 0.2) is 0 Å². The molecule has 0 rings (SSSR count). The van der Waals surface area contributed by atoms with Gasteiger partial charge in [-0.3, -0.25) is 0 Å². The van der Waals surface area contributed by atoms with E-state index in [1.807, 2.05) is 18.8 Å². The molecule has 0 unspecified atom stereocenters. The van der Waals surface area contributed by atoms with Crippen molar-refractivity contribution in [3.63, 3.8) is 0 Å². The van der Waals surface area contributed by atoms with E-state index in [4.69, 9.17) is 0 Å². The van der Waals surface area contributed by atoms with Gasteiger partial charge in [0, 0.05) is 0 Å². The summed E-state index contributed by atoms with van der Waals surface area (Å²) >= 11 is 3.55. The van der Waals surface area contributed by atoms with Crippen molar-refractivity contribution in [1.82, 2.24) is 5.32 Å². The van der Waals surface area contributed by atoms with Crippen molar-refractivity contribution in [3.8, 4) is 0 Å². The molecule has 35 valence electrons. The second kappa shape index (κ2) is 6.11. The van der Waals surface area contributed by atoms with E-state index in [0.717, 1.165) is 5.88 Å². The molecule has 0 heterocycles. The molecule has 3 heteroatoms. The first-order valence-electron chi connectivity index (χ1n) is 1.78. The number of hydrogen-bond acceptors (Lipinski definition) is 2. The second-order valence-corrected chi connectivity index (χ2v) is 4.30. The third kappa shape index (κ3) is 5.11. The molecule has 0 fully saturated rings. The van der Waals surface area contributed by atoms with E-state index in [2.05, 4.69) is 5.32 Å². The summed E-state index contributed by atoms with van der Waals surface area (Å²) in [7, 11) is 1.97. The molecule has 0 amide bonds. The number of rotatable bonds is 3. The maximum atomic E-state index is 3.05. The summed E-state index contributed by atoms with van der Waals surface area (Å²) in [5, 5.41) is 3.05. The fourth-order valence-corrected chi connectivity index (χ4v) is 1.33. The molecule has 0 saturated carbocycles. The SMILES string of the molecule is CNCS[CH2][Sn]. The Bertz CT molecular complexity index is 22.8. The van der Waals surface area contributed by atoms with Crippen LogP contribution in [0.25, 0.3) is 0 Å². The van der Waals surface area contributed by atoms with Crippen molar-refractivity contribution in [2.45, 2.75) is 0 Å². The van der Waals surface area contributed by atoms with Crippen molar-refractivity contribution in [1.29, 1.82) is 0 Å². The predicted octanol–water partition coefficient (Wildman–Crippen LogP) is 0.0225. The van der Waals surface area contributed by atoms with Crippen LogP contribution in [-0.4, -0.2) is 39.2 Å². The fourth-order valence-electron chi connectivity index (χ4n) is 0.153. The molecule has 6 heavy (non-hydrogen) atoms. The van der Waals surface area contributed by atoms with E-state index in [0.29, 0.717) is 0 Å². The molecule has 0 saturated heterocycles. The first-order valence-corrected chi connectivity index (χ1v) is 4.96. The Labute approximate surface area is 56.4 Å². The van der Waals surface area contributed by atoms with Crippen LogP contribution in [0.2, 0.25) is 0 Å². The van der Waals surface area contributed by atoms with Crippen LogP contribution in [0.1, 0.15) is 0 Å². The molecule has 0 aromatic rings. The number of hydrogen-bond donors (Lipinski definition) is 1. The molecular weight excluding hydrogens is 201 g/mol. The van der Waals surface area contributed by atoms with Gasteiger partial charge in [0.1, 0.15) is 0 Å². The maximum absolute atomic E-state index is 3.05. The van der Waals surface area contributed by atoms with Crippen LogP contribution in [0.15, 0.2) is 0 Å². The van der Waals surface area contributed by atoms with Crippen molar-refractivity contribution < 1.29 is 0 Å². The molecule has 1 N–H and O–H groups in total. The van der Waals surface area contributed by atoms with Crippen LogP contribution in [0, 0.1) is 0 Å². The topological polar surface area (TPSA) is 12.0 Å². The molecular formula is C3H8NSSn. The van der Waals surface area contributed by atoms with Gasteiger partial charge in [0.05, 0.1) is 0 Å². The molecule has 0 aliphatic carbocycles. The molecule has 3 radical (unpaired) electrons. The summed E-state index contributed by atoms with van der Waals surface area (Å²) in [5.74, 6) is 1.10. The van der Waals surface area contributed by atoms with E-state index in [1.54, 1.807) is 22.5 Å². The van der Waals surface area contributed by atoms with Gasteiger partial charge in [-0.15, -0.1) is 0 Å². The first kappa shape index (κ1) is 7.11. The Morgan fingerprint density at radius 3 is 2.67 bits per heavy atom. The van der Waals surface area contributed by atoms with Crippen molar-refractivity contribution in [2.24, 2.45) is 0 Å². The van der Waals surface area contributed by atoms with E-state index < -0.39 is 0 Å². The van der Waals surface area contributed by atoms with Crippen molar-refractivity contribution in [3.05, 3.63) is 0 Å². The van der Waals surface area contributed by atoms with Crippen LogP contribution in [0.3, 0.4) is 0 Å². The van der Waals surface area contributed by atoms with Gasteiger partial charge in [-0.05, 0) is 0 Å². The van der Waals surface area contributed by atoms with E-state index in [9.17, 15) is 0 Å². The van der Waals surface area contributed by atoms with E-state index in [1.165, 1.54) is 3.77 Å². The summed E-state index contributed by atoms with van der Waals surface area (Å²) in [6.07, 6.45) is 0. The van der Waals surface area contributed by atoms with Gasteiger partial charge in [-0.2, -0.15) is 0 Å². The first-order chi connectivity index (χ1) is 2.91. The summed E-state index contributed by atoms with van der Waals surface area (Å²) in [6, 6.07) is 0. The van der Waals surface area contributed by atoms with Gasteiger partial charge in [0.25, 0.3) is 0 Å². The third-order valence-electron chi connectivity index (χ3n) is 0.348. The van der Waals surface area contributed by atoms with Crippen molar-refractivity contribution >= 4 is 34.3 Å². The average Bonchev–Trinajstić information content (AvgIpc) is 1.61. The minimum atomic E-state index is 1.10. The Kier molecular flexibility index (Phi) is 7.24. The molecule has 1 nitrogen and oxygen atoms in total. The van der Waals surface area contributed by atoms with Crippen LogP contribution >= 0.6 is 11.8 Å². The Morgan fingerprint density at radius 2 is 2.50 bits per heavy atom. The minimum absolute atomic E-state index is 1.10. The van der Waals surface area contributed by atoms with Crippen molar-refractivity contribution in [2.75, 3.05) is 16.7 Å². The summed E-state index contributed by atoms with van der Waals surface area (Å²) in [5.41, 5.74) is 0. The molecule has 0 aliphatic rings. The van der Waals surface area contributed by atoms with E-state index in [-0.39, 0.29) is 0 Å². The Hall–Kier alpha value is 1.11. The van der Waals surface area contributed by atoms with Crippen LogP contribution in [0.5, 0.6) is 0 Å². The average molecular weight is 209 g/mol. The van der Waals surface area contributed by atoms with Gasteiger partial charge < -0.3 is 0 Å². The number of thioether (sulfide) groups is 1. The standard InChI is InChI=1S/C3H8NS.Sn/c1-4-3-5-2;/h4H,2-3H2,1H3;. The molecule has 0 atom stereocenters. The summed E-state index contributed by atoms with van der Waals surface area (Å²) in [4.78, 5) is 0. The normalized spacial score (nSPS) is 9.00. The van der Waals surface area contributed by atoms with Gasteiger partial charge in [-0.1, -0.05) is 0 Å². The monoisotopic (exact) mass is 210 g/mol. The Balaban J connectivity index is 2.34. The van der Waals surface area contributed by atoms with Crippen LogP contribution < -0.4 is 5.32 Å². The van der Waals surface area contributed by atoms with Gasteiger partial charge in [-0.25, -0.2) is 0 Å². The van der Waals surface area contributed by atoms with Crippen LogP contribution in [-0.2, 0) is 0 Å². The molecule has 0 aliphatic heterocycles. The fraction of sp³-hybridized carbons (Fsp3) is 1.00. The molecule has 0 aromatic heterocycles. The van der Waals surface area contributed by atoms with Gasteiger partial charge in [0.2, 0.25) is 0 Å². The zero-order valence-corrected chi connectivity index (χ0v) is 7.49. The predicted molar refractivity (Wildman–Crippen MR) is 32.1 cm³/mol. The van der Waals surface area contributed by atoms with Gasteiger partial charge >= 0.3 is 56.3 Å². The third-order valence-corrected chi connectivity index (χ3v) is 2.79. The number of nitrogens with one attached hydrogen (secondary N) is 1. The Morgan fingerprint density at radius 1 is 1.83 bits per heavy atom. The zero-order chi connectivity index (χ0) is 4.83. The van der Waals surface area contributed by atoms with E-state index >= 15 is 0 Å². The molecule has 0 aromatic carbocycles. The quantitative estimate of drug-likeness (QED) is 0.399. The molecule has 0 spiro atoms.